The molecule has 0 bridgehead atoms. The Bertz CT molecular complexity index is 433. The van der Waals surface area contributed by atoms with E-state index >= 15 is 0 Å². The van der Waals surface area contributed by atoms with Crippen LogP contribution in [0.4, 0.5) is 0 Å². The van der Waals surface area contributed by atoms with Gasteiger partial charge >= 0.3 is 0 Å². The predicted octanol–water partition coefficient (Wildman–Crippen LogP) is 2.30. The van der Waals surface area contributed by atoms with E-state index in [4.69, 9.17) is 11.2 Å². The summed E-state index contributed by atoms with van der Waals surface area (Å²) < 4.78 is 5.88. The summed E-state index contributed by atoms with van der Waals surface area (Å²) in [6.07, 6.45) is 7.28. The van der Waals surface area contributed by atoms with Gasteiger partial charge in [-0.3, -0.25) is 0 Å². The lowest BCUT2D eigenvalue weighted by Crippen LogP contribution is -2.35. The molecule has 1 aliphatic rings. The van der Waals surface area contributed by atoms with Crippen LogP contribution in [0.25, 0.3) is 0 Å². The first-order valence-electron chi connectivity index (χ1n) is 6.12. The van der Waals surface area contributed by atoms with Crippen molar-refractivity contribution in [2.24, 2.45) is 0 Å². The number of fused-ring (bicyclic) bond motifs is 1. The van der Waals surface area contributed by atoms with Gasteiger partial charge in [-0.1, -0.05) is 17.7 Å². The van der Waals surface area contributed by atoms with Crippen molar-refractivity contribution in [2.75, 3.05) is 6.54 Å². The molecule has 0 saturated heterocycles. The number of rotatable bonds is 4. The molecular weight excluding hydrogens is 210 g/mol. The first kappa shape index (κ1) is 12.0. The smallest absolute Gasteiger partial charge is 0.123 e. The zero-order valence-electron chi connectivity index (χ0n) is 10.5. The summed E-state index contributed by atoms with van der Waals surface area (Å²) in [5.41, 5.74) is 2.61. The molecule has 0 aromatic heterocycles. The molecule has 0 radical (unpaired) electrons. The normalized spacial score (nSPS) is 19.2. The van der Waals surface area contributed by atoms with Crippen LogP contribution < -0.4 is 10.1 Å². The van der Waals surface area contributed by atoms with E-state index in [1.807, 2.05) is 0 Å². The molecule has 1 N–H and O–H groups in total. The van der Waals surface area contributed by atoms with Gasteiger partial charge in [0.1, 0.15) is 11.9 Å². The summed E-state index contributed by atoms with van der Waals surface area (Å²) >= 11 is 0. The second kappa shape index (κ2) is 5.25. The fraction of sp³-hybridized carbons (Fsp3) is 0.467. The van der Waals surface area contributed by atoms with E-state index < -0.39 is 0 Å². The van der Waals surface area contributed by atoms with Gasteiger partial charge in [0.15, 0.2) is 0 Å². The lowest BCUT2D eigenvalue weighted by molar-refractivity contribution is 0.223. The van der Waals surface area contributed by atoms with Gasteiger partial charge in [-0.25, -0.2) is 0 Å². The van der Waals surface area contributed by atoms with Crippen molar-refractivity contribution in [1.82, 2.24) is 5.32 Å². The Kier molecular flexibility index (Phi) is 3.71. The summed E-state index contributed by atoms with van der Waals surface area (Å²) in [5, 5.41) is 3.41. The quantitative estimate of drug-likeness (QED) is 0.800. The molecule has 1 heterocycles. The van der Waals surface area contributed by atoms with Gasteiger partial charge in [0.05, 0.1) is 0 Å². The zero-order chi connectivity index (χ0) is 12.3. The average molecular weight is 229 g/mol. The third-order valence-electron chi connectivity index (χ3n) is 3.08. The third kappa shape index (κ3) is 3.01. The van der Waals surface area contributed by atoms with Crippen molar-refractivity contribution in [2.45, 2.75) is 38.8 Å². The van der Waals surface area contributed by atoms with Crippen LogP contribution in [0.3, 0.4) is 0 Å². The second-order valence-corrected chi connectivity index (χ2v) is 4.77. The van der Waals surface area contributed by atoms with Gasteiger partial charge in [-0.15, -0.1) is 12.3 Å². The highest BCUT2D eigenvalue weighted by Gasteiger charge is 2.22. The molecule has 1 aromatic rings. The summed E-state index contributed by atoms with van der Waals surface area (Å²) in [6, 6.07) is 6.72. The van der Waals surface area contributed by atoms with Gasteiger partial charge in [0.2, 0.25) is 0 Å². The van der Waals surface area contributed by atoms with Crippen LogP contribution in [-0.4, -0.2) is 18.7 Å². The Morgan fingerprint density at radius 3 is 3.18 bits per heavy atom. The average Bonchev–Trinajstić information content (AvgIpc) is 2.68. The van der Waals surface area contributed by atoms with E-state index in [9.17, 15) is 0 Å². The first-order chi connectivity index (χ1) is 8.19. The number of nitrogens with one attached hydrogen (secondary N) is 1. The fourth-order valence-corrected chi connectivity index (χ4v) is 2.14. The lowest BCUT2D eigenvalue weighted by Gasteiger charge is -2.15. The molecule has 2 unspecified atom stereocenters. The van der Waals surface area contributed by atoms with E-state index in [0.29, 0.717) is 6.04 Å². The standard InChI is InChI=1S/C15H19NO/c1-4-5-12(3)16-10-14-9-13-8-11(2)6-7-15(13)17-14/h1,6-8,12,14,16H,5,9-10H2,2-3H3. The molecule has 17 heavy (non-hydrogen) atoms. The van der Waals surface area contributed by atoms with Crippen LogP contribution in [0, 0.1) is 19.3 Å². The SMILES string of the molecule is C#CCC(C)NCC1Cc2cc(C)ccc2O1. The lowest BCUT2D eigenvalue weighted by atomic mass is 10.1. The van der Waals surface area contributed by atoms with Gasteiger partial charge in [0, 0.05) is 25.4 Å². The van der Waals surface area contributed by atoms with E-state index in [1.54, 1.807) is 0 Å². The number of aryl methyl sites for hydroxylation is 1. The Labute approximate surface area is 103 Å². The van der Waals surface area contributed by atoms with Crippen LogP contribution in [0.5, 0.6) is 5.75 Å². The Balaban J connectivity index is 1.86. The topological polar surface area (TPSA) is 21.3 Å². The fourth-order valence-electron chi connectivity index (χ4n) is 2.14. The molecule has 2 rings (SSSR count). The minimum atomic E-state index is 0.243. The van der Waals surface area contributed by atoms with Gasteiger partial charge in [-0.2, -0.15) is 0 Å². The molecule has 0 saturated carbocycles. The number of terminal acetylenes is 1. The van der Waals surface area contributed by atoms with Crippen LogP contribution in [0.1, 0.15) is 24.5 Å². The van der Waals surface area contributed by atoms with Crippen LogP contribution in [0.15, 0.2) is 18.2 Å². The molecule has 0 amide bonds. The number of benzene rings is 1. The Hall–Kier alpha value is -1.46. The number of hydrogen-bond donors (Lipinski definition) is 1. The molecule has 1 aliphatic heterocycles. The predicted molar refractivity (Wildman–Crippen MR) is 70.2 cm³/mol. The van der Waals surface area contributed by atoms with E-state index in [0.717, 1.165) is 25.1 Å². The maximum Gasteiger partial charge on any atom is 0.123 e. The molecule has 0 fully saturated rings. The Morgan fingerprint density at radius 2 is 2.41 bits per heavy atom. The van der Waals surface area contributed by atoms with Crippen molar-refractivity contribution < 1.29 is 4.74 Å². The van der Waals surface area contributed by atoms with Crippen molar-refractivity contribution in [3.8, 4) is 18.1 Å². The van der Waals surface area contributed by atoms with Crippen LogP contribution in [0.2, 0.25) is 0 Å². The number of hydrogen-bond acceptors (Lipinski definition) is 2. The Morgan fingerprint density at radius 1 is 1.59 bits per heavy atom. The highest BCUT2D eigenvalue weighted by Crippen LogP contribution is 2.29. The minimum absolute atomic E-state index is 0.243. The molecular formula is C15H19NO. The first-order valence-corrected chi connectivity index (χ1v) is 6.12. The van der Waals surface area contributed by atoms with Crippen molar-refractivity contribution in [3.63, 3.8) is 0 Å². The highest BCUT2D eigenvalue weighted by atomic mass is 16.5. The molecule has 1 aromatic carbocycles. The highest BCUT2D eigenvalue weighted by molar-refractivity contribution is 5.40. The maximum absolute atomic E-state index is 5.88. The van der Waals surface area contributed by atoms with E-state index in [2.05, 4.69) is 43.3 Å². The van der Waals surface area contributed by atoms with Crippen molar-refractivity contribution in [3.05, 3.63) is 29.3 Å². The summed E-state index contributed by atoms with van der Waals surface area (Å²) in [6.45, 7) is 5.07. The second-order valence-electron chi connectivity index (χ2n) is 4.77. The molecule has 2 nitrogen and oxygen atoms in total. The van der Waals surface area contributed by atoms with E-state index in [1.165, 1.54) is 11.1 Å². The molecule has 2 heteroatoms. The zero-order valence-corrected chi connectivity index (χ0v) is 10.5. The third-order valence-corrected chi connectivity index (χ3v) is 3.08. The summed E-state index contributed by atoms with van der Waals surface area (Å²) in [5.74, 6) is 3.70. The molecule has 90 valence electrons. The molecule has 0 spiro atoms. The van der Waals surface area contributed by atoms with Gasteiger partial charge in [-0.05, 0) is 25.5 Å². The summed E-state index contributed by atoms with van der Waals surface area (Å²) in [7, 11) is 0. The maximum atomic E-state index is 5.88. The monoisotopic (exact) mass is 229 g/mol. The van der Waals surface area contributed by atoms with Crippen LogP contribution >= 0.6 is 0 Å². The molecule has 0 aliphatic carbocycles. The van der Waals surface area contributed by atoms with Crippen LogP contribution in [-0.2, 0) is 6.42 Å². The largest absolute Gasteiger partial charge is 0.488 e. The molecule has 2 atom stereocenters. The number of ether oxygens (including phenoxy) is 1. The van der Waals surface area contributed by atoms with Crippen molar-refractivity contribution in [1.29, 1.82) is 0 Å². The van der Waals surface area contributed by atoms with E-state index in [-0.39, 0.29) is 6.10 Å². The summed E-state index contributed by atoms with van der Waals surface area (Å²) in [4.78, 5) is 0. The minimum Gasteiger partial charge on any atom is -0.488 e. The van der Waals surface area contributed by atoms with Gasteiger partial charge in [0.25, 0.3) is 0 Å². The van der Waals surface area contributed by atoms with Gasteiger partial charge < -0.3 is 10.1 Å². The van der Waals surface area contributed by atoms with Crippen molar-refractivity contribution >= 4 is 0 Å².